The van der Waals surface area contributed by atoms with Crippen molar-refractivity contribution in [2.45, 2.75) is 27.2 Å². The molecule has 0 bridgehead atoms. The lowest BCUT2D eigenvalue weighted by atomic mass is 10.4. The van der Waals surface area contributed by atoms with Crippen molar-refractivity contribution in [3.05, 3.63) is 11.8 Å². The van der Waals surface area contributed by atoms with Crippen molar-refractivity contribution in [1.82, 2.24) is 0 Å². The fraction of sp³-hybridized carbons (Fsp3) is 0.571. The zero-order valence-corrected chi connectivity index (χ0v) is 6.31. The Hall–Kier alpha value is -0.790. The van der Waals surface area contributed by atoms with E-state index in [0.717, 1.165) is 12.1 Å². The van der Waals surface area contributed by atoms with Gasteiger partial charge in [0.2, 0.25) is 0 Å². The van der Waals surface area contributed by atoms with Crippen molar-refractivity contribution in [3.8, 4) is 0 Å². The van der Waals surface area contributed by atoms with Crippen LogP contribution in [0.1, 0.15) is 27.2 Å². The molecular weight excluding hydrogens is 112 g/mol. The first-order chi connectivity index (χ1) is 4.20. The number of hydrogen-bond donors (Lipinski definition) is 1. The van der Waals surface area contributed by atoms with Crippen LogP contribution in [0, 0.1) is 0 Å². The van der Waals surface area contributed by atoms with Crippen LogP contribution in [-0.2, 0) is 0 Å². The highest BCUT2D eigenvalue weighted by Gasteiger charge is 1.84. The van der Waals surface area contributed by atoms with E-state index < -0.39 is 0 Å². The van der Waals surface area contributed by atoms with Gasteiger partial charge in [-0.3, -0.25) is 0 Å². The van der Waals surface area contributed by atoms with Crippen LogP contribution in [0.4, 0.5) is 0 Å². The number of rotatable bonds is 2. The van der Waals surface area contributed by atoms with Gasteiger partial charge in [-0.15, -0.1) is 0 Å². The number of allylic oxidation sites excluding steroid dienone is 2. The molecule has 0 aliphatic heterocycles. The Morgan fingerprint density at radius 3 is 2.56 bits per heavy atom. The normalized spacial score (nSPS) is 14.1. The Morgan fingerprint density at radius 1 is 1.67 bits per heavy atom. The molecule has 0 aliphatic carbocycles. The minimum Gasteiger partial charge on any atom is -0.387 e. The molecule has 2 heteroatoms. The van der Waals surface area contributed by atoms with Crippen molar-refractivity contribution >= 4 is 5.84 Å². The van der Waals surface area contributed by atoms with Gasteiger partial charge in [0.05, 0.1) is 5.84 Å². The Balaban J connectivity index is 3.95. The first kappa shape index (κ1) is 8.21. The predicted octanol–water partition coefficient (Wildman–Crippen LogP) is 1.68. The molecule has 0 saturated heterocycles. The highest BCUT2D eigenvalue weighted by Crippen LogP contribution is 1.93. The van der Waals surface area contributed by atoms with E-state index in [1.807, 2.05) is 26.8 Å². The summed E-state index contributed by atoms with van der Waals surface area (Å²) < 4.78 is 0. The van der Waals surface area contributed by atoms with Crippen molar-refractivity contribution in [3.63, 3.8) is 0 Å². The van der Waals surface area contributed by atoms with Gasteiger partial charge in [-0.2, -0.15) is 0 Å². The fourth-order valence-electron chi connectivity index (χ4n) is 0.370. The summed E-state index contributed by atoms with van der Waals surface area (Å²) in [5, 5.41) is 0. The lowest BCUT2D eigenvalue weighted by Gasteiger charge is -1.93. The number of nitrogens with two attached hydrogens (primary N) is 1. The average molecular weight is 126 g/mol. The minimum atomic E-state index is 0.700. The highest BCUT2D eigenvalue weighted by atomic mass is 14.8. The Kier molecular flexibility index (Phi) is 3.76. The van der Waals surface area contributed by atoms with Crippen LogP contribution in [0.2, 0.25) is 0 Å². The molecule has 52 valence electrons. The number of aliphatic imine (C=N–C) groups is 1. The van der Waals surface area contributed by atoms with E-state index in [1.54, 1.807) is 0 Å². The van der Waals surface area contributed by atoms with E-state index in [4.69, 9.17) is 5.73 Å². The molecule has 0 rings (SSSR count). The molecule has 0 aromatic carbocycles. The molecule has 0 heterocycles. The lowest BCUT2D eigenvalue weighted by Crippen LogP contribution is -2.09. The predicted molar refractivity (Wildman–Crippen MR) is 41.3 cm³/mol. The van der Waals surface area contributed by atoms with Crippen LogP contribution < -0.4 is 5.73 Å². The summed E-state index contributed by atoms with van der Waals surface area (Å²) in [4.78, 5) is 4.07. The zero-order valence-electron chi connectivity index (χ0n) is 6.31. The first-order valence-corrected chi connectivity index (χ1v) is 3.16. The molecule has 0 saturated carbocycles. The number of nitrogens with zero attached hydrogens (tertiary/aromatic N) is 1. The van der Waals surface area contributed by atoms with Crippen molar-refractivity contribution < 1.29 is 0 Å². The van der Waals surface area contributed by atoms with E-state index in [0.29, 0.717) is 5.84 Å². The fourth-order valence-corrected chi connectivity index (χ4v) is 0.370. The van der Waals surface area contributed by atoms with E-state index in [-0.39, 0.29) is 0 Å². The molecule has 0 fully saturated rings. The van der Waals surface area contributed by atoms with Gasteiger partial charge in [-0.1, -0.05) is 13.0 Å². The Labute approximate surface area is 56.5 Å². The van der Waals surface area contributed by atoms with Crippen LogP contribution in [0.3, 0.4) is 0 Å². The van der Waals surface area contributed by atoms with Crippen molar-refractivity contribution in [1.29, 1.82) is 0 Å². The first-order valence-electron chi connectivity index (χ1n) is 3.16. The maximum atomic E-state index is 5.46. The molecule has 2 nitrogen and oxygen atoms in total. The van der Waals surface area contributed by atoms with Crippen LogP contribution in [0.25, 0.3) is 0 Å². The molecule has 2 N–H and O–H groups in total. The molecule has 0 radical (unpaired) electrons. The third-order valence-electron chi connectivity index (χ3n) is 1.10. The standard InChI is InChI=1S/C7H14N2/c1-4-6(3)9-7(8)5-2/h4H,5H2,1-3H3,(H2,8,9)/b6-4+. The van der Waals surface area contributed by atoms with Gasteiger partial charge < -0.3 is 5.73 Å². The third-order valence-corrected chi connectivity index (χ3v) is 1.10. The Bertz CT molecular complexity index is 134. The van der Waals surface area contributed by atoms with E-state index in [1.165, 1.54) is 0 Å². The van der Waals surface area contributed by atoms with Gasteiger partial charge in [0.25, 0.3) is 0 Å². The second-order valence-corrected chi connectivity index (χ2v) is 1.89. The second kappa shape index (κ2) is 4.13. The molecule has 0 aromatic rings. The summed E-state index contributed by atoms with van der Waals surface area (Å²) in [6.07, 6.45) is 2.76. The van der Waals surface area contributed by atoms with E-state index in [9.17, 15) is 0 Å². The summed E-state index contributed by atoms with van der Waals surface area (Å²) in [5.41, 5.74) is 6.44. The van der Waals surface area contributed by atoms with Crippen LogP contribution in [-0.4, -0.2) is 5.84 Å². The quantitative estimate of drug-likeness (QED) is 0.443. The molecule has 0 amide bonds. The van der Waals surface area contributed by atoms with Gasteiger partial charge in [0.1, 0.15) is 0 Å². The van der Waals surface area contributed by atoms with Gasteiger partial charge in [-0.05, 0) is 13.8 Å². The number of hydrogen-bond acceptors (Lipinski definition) is 1. The summed E-state index contributed by atoms with van der Waals surface area (Å²) in [6, 6.07) is 0. The minimum absolute atomic E-state index is 0.700. The summed E-state index contributed by atoms with van der Waals surface area (Å²) in [6.45, 7) is 5.87. The topological polar surface area (TPSA) is 38.4 Å². The Morgan fingerprint density at radius 2 is 2.22 bits per heavy atom. The largest absolute Gasteiger partial charge is 0.387 e. The third kappa shape index (κ3) is 3.76. The van der Waals surface area contributed by atoms with Crippen molar-refractivity contribution in [2.75, 3.05) is 0 Å². The molecule has 0 spiro atoms. The van der Waals surface area contributed by atoms with Crippen LogP contribution in [0.5, 0.6) is 0 Å². The average Bonchev–Trinajstić information content (AvgIpc) is 1.87. The van der Waals surface area contributed by atoms with Crippen LogP contribution >= 0.6 is 0 Å². The van der Waals surface area contributed by atoms with Gasteiger partial charge in [0.15, 0.2) is 0 Å². The maximum Gasteiger partial charge on any atom is 0.0989 e. The summed E-state index contributed by atoms with van der Waals surface area (Å²) in [7, 11) is 0. The highest BCUT2D eigenvalue weighted by molar-refractivity contribution is 5.80. The van der Waals surface area contributed by atoms with E-state index in [2.05, 4.69) is 4.99 Å². The molecule has 0 unspecified atom stereocenters. The maximum absolute atomic E-state index is 5.46. The van der Waals surface area contributed by atoms with Crippen LogP contribution in [0.15, 0.2) is 16.8 Å². The van der Waals surface area contributed by atoms with Gasteiger partial charge in [-0.25, -0.2) is 4.99 Å². The van der Waals surface area contributed by atoms with Crippen molar-refractivity contribution in [2.24, 2.45) is 10.7 Å². The molecular formula is C7H14N2. The van der Waals surface area contributed by atoms with Gasteiger partial charge >= 0.3 is 0 Å². The second-order valence-electron chi connectivity index (χ2n) is 1.89. The zero-order chi connectivity index (χ0) is 7.28. The molecule has 0 aliphatic rings. The molecule has 9 heavy (non-hydrogen) atoms. The monoisotopic (exact) mass is 126 g/mol. The SMILES string of the molecule is C/C=C(\C)N=C(N)CC. The van der Waals surface area contributed by atoms with Gasteiger partial charge in [0, 0.05) is 12.1 Å². The summed E-state index contributed by atoms with van der Waals surface area (Å²) >= 11 is 0. The number of amidine groups is 1. The molecule has 0 atom stereocenters. The smallest absolute Gasteiger partial charge is 0.0989 e. The molecule has 0 aromatic heterocycles. The lowest BCUT2D eigenvalue weighted by molar-refractivity contribution is 1.18. The van der Waals surface area contributed by atoms with E-state index >= 15 is 0 Å². The summed E-state index contributed by atoms with van der Waals surface area (Å²) in [5.74, 6) is 0.700.